The van der Waals surface area contributed by atoms with E-state index in [1.54, 1.807) is 0 Å². The van der Waals surface area contributed by atoms with E-state index in [0.717, 1.165) is 13.1 Å². The van der Waals surface area contributed by atoms with Gasteiger partial charge in [-0.1, -0.05) is 26.7 Å². The summed E-state index contributed by atoms with van der Waals surface area (Å²) in [6, 6.07) is 0. The summed E-state index contributed by atoms with van der Waals surface area (Å²) in [5, 5.41) is 0. The number of imidazole rings is 2. The molecule has 0 radical (unpaired) electrons. The summed E-state index contributed by atoms with van der Waals surface area (Å²) >= 11 is 0.757. The molecule has 0 saturated heterocycles. The van der Waals surface area contributed by atoms with E-state index in [0.29, 0.717) is 0 Å². The van der Waals surface area contributed by atoms with Crippen LogP contribution in [-0.2, 0) is 40.1 Å². The van der Waals surface area contributed by atoms with Crippen LogP contribution in [0.3, 0.4) is 0 Å². The van der Waals surface area contributed by atoms with Gasteiger partial charge in [0.25, 0.3) is 11.6 Å². The first-order valence-corrected chi connectivity index (χ1v) is 10.5. The average Bonchev–Trinajstić information content (AvgIpc) is 3.13. The minimum absolute atomic E-state index is 0.757. The number of aryl methyl sites for hydroxylation is 4. The monoisotopic (exact) mass is 411 g/mol. The number of rotatable bonds is 6. The summed E-state index contributed by atoms with van der Waals surface area (Å²) in [4.78, 5) is 6.41. The maximum absolute atomic E-state index is 4.67. The van der Waals surface area contributed by atoms with Crippen LogP contribution in [0.4, 0.5) is 0 Å². The van der Waals surface area contributed by atoms with E-state index in [9.17, 15) is 0 Å². The van der Waals surface area contributed by atoms with Gasteiger partial charge in [0.05, 0.1) is 14.1 Å². The third kappa shape index (κ3) is 10.8. The zero-order chi connectivity index (χ0) is 17.5. The van der Waals surface area contributed by atoms with Crippen LogP contribution in [0.2, 0.25) is 0 Å². The molecule has 0 aliphatic heterocycles. The maximum atomic E-state index is 4.67. The summed E-state index contributed by atoms with van der Waals surface area (Å²) in [5.41, 5.74) is 0. The Morgan fingerprint density at radius 2 is 1.22 bits per heavy atom. The molecule has 0 atom stereocenters. The van der Waals surface area contributed by atoms with Gasteiger partial charge in [-0.15, -0.1) is 0 Å². The number of H-pyrrole nitrogens is 2. The SMILES string of the molecule is CCCCc1[nH]cc[n+]1C.CCCCc1[nH]cc[n+]1C.[Cl][Cu-2][Cl]. The fourth-order valence-corrected chi connectivity index (χ4v) is 2.06. The van der Waals surface area contributed by atoms with Crippen LogP contribution in [0.1, 0.15) is 51.2 Å². The molecule has 0 unspecified atom stereocenters. The van der Waals surface area contributed by atoms with Crippen molar-refractivity contribution in [2.45, 2.75) is 52.4 Å². The van der Waals surface area contributed by atoms with Crippen LogP contribution in [0.25, 0.3) is 0 Å². The quantitative estimate of drug-likeness (QED) is 0.536. The molecule has 2 N–H and O–H groups in total. The Morgan fingerprint density at radius 1 is 0.870 bits per heavy atom. The number of halogens is 2. The van der Waals surface area contributed by atoms with Gasteiger partial charge < -0.3 is 0 Å². The summed E-state index contributed by atoms with van der Waals surface area (Å²) in [5.74, 6) is 2.64. The Morgan fingerprint density at radius 3 is 1.43 bits per heavy atom. The molecule has 0 aromatic carbocycles. The molecule has 7 heteroatoms. The zero-order valence-electron chi connectivity index (χ0n) is 14.5. The molecule has 0 amide bonds. The molecule has 0 aliphatic carbocycles. The number of hydrogen-bond acceptors (Lipinski definition) is 0. The van der Waals surface area contributed by atoms with Crippen LogP contribution in [-0.4, -0.2) is 9.97 Å². The second kappa shape index (κ2) is 15.1. The second-order valence-electron chi connectivity index (χ2n) is 5.29. The molecule has 0 bridgehead atoms. The van der Waals surface area contributed by atoms with Crippen molar-refractivity contribution in [2.24, 2.45) is 14.1 Å². The fourth-order valence-electron chi connectivity index (χ4n) is 2.06. The molecule has 0 aliphatic rings. The molecule has 0 saturated carbocycles. The Bertz CT molecular complexity index is 455. The van der Waals surface area contributed by atoms with Gasteiger partial charge in [0, 0.05) is 12.8 Å². The van der Waals surface area contributed by atoms with E-state index in [1.807, 2.05) is 24.8 Å². The third-order valence-electron chi connectivity index (χ3n) is 3.48. The van der Waals surface area contributed by atoms with Gasteiger partial charge >= 0.3 is 33.3 Å². The normalized spacial score (nSPS) is 9.83. The van der Waals surface area contributed by atoms with Crippen LogP contribution in [0.15, 0.2) is 24.8 Å². The molecule has 0 spiro atoms. The predicted octanol–water partition coefficient (Wildman–Crippen LogP) is 3.74. The summed E-state index contributed by atoms with van der Waals surface area (Å²) in [7, 11) is 13.5. The average molecular weight is 413 g/mol. The molecule has 2 heterocycles. The van der Waals surface area contributed by atoms with Crippen molar-refractivity contribution in [1.82, 2.24) is 9.97 Å². The van der Waals surface area contributed by atoms with Crippen molar-refractivity contribution in [3.8, 4) is 0 Å². The number of aromatic nitrogens is 4. The fraction of sp³-hybridized carbons (Fsp3) is 0.625. The third-order valence-corrected chi connectivity index (χ3v) is 3.48. The van der Waals surface area contributed by atoms with Crippen molar-refractivity contribution in [3.05, 3.63) is 36.4 Å². The predicted molar refractivity (Wildman–Crippen MR) is 92.9 cm³/mol. The molecule has 4 nitrogen and oxygen atoms in total. The molecule has 139 valence electrons. The zero-order valence-corrected chi connectivity index (χ0v) is 17.0. The van der Waals surface area contributed by atoms with Crippen LogP contribution >= 0.6 is 20.2 Å². The van der Waals surface area contributed by atoms with Gasteiger partial charge in [-0.3, -0.25) is 0 Å². The van der Waals surface area contributed by atoms with E-state index in [-0.39, 0.29) is 0 Å². The van der Waals surface area contributed by atoms with Gasteiger partial charge in [-0.05, 0) is 12.8 Å². The van der Waals surface area contributed by atoms with Gasteiger partial charge in [-0.25, -0.2) is 19.1 Å². The van der Waals surface area contributed by atoms with Gasteiger partial charge in [0.1, 0.15) is 24.8 Å². The van der Waals surface area contributed by atoms with Crippen LogP contribution in [0.5, 0.6) is 0 Å². The van der Waals surface area contributed by atoms with E-state index in [1.165, 1.54) is 50.2 Å². The van der Waals surface area contributed by atoms with E-state index in [2.05, 4.69) is 67.2 Å². The molecule has 2 aromatic rings. The minimum atomic E-state index is 0.757. The van der Waals surface area contributed by atoms with Gasteiger partial charge in [0.15, 0.2) is 0 Å². The molecule has 2 rings (SSSR count). The van der Waals surface area contributed by atoms with Crippen molar-refractivity contribution in [2.75, 3.05) is 0 Å². The molecule has 2 aromatic heterocycles. The number of nitrogens with zero attached hydrogens (tertiary/aromatic N) is 2. The van der Waals surface area contributed by atoms with Crippen molar-refractivity contribution < 1.29 is 22.3 Å². The second-order valence-corrected chi connectivity index (χ2v) is 6.84. The molecule has 23 heavy (non-hydrogen) atoms. The number of nitrogens with one attached hydrogen (secondary N) is 2. The summed E-state index contributed by atoms with van der Waals surface area (Å²) < 4.78 is 4.27. The summed E-state index contributed by atoms with van der Waals surface area (Å²) in [6.07, 6.45) is 15.5. The van der Waals surface area contributed by atoms with Gasteiger partial charge in [-0.2, -0.15) is 0 Å². The van der Waals surface area contributed by atoms with Crippen molar-refractivity contribution >= 4 is 20.2 Å². The molecular weight excluding hydrogens is 383 g/mol. The Balaban J connectivity index is 0.000000360. The number of unbranched alkanes of at least 4 members (excludes halogenated alkanes) is 2. The Labute approximate surface area is 155 Å². The first-order valence-electron chi connectivity index (χ1n) is 7.95. The van der Waals surface area contributed by atoms with Crippen LogP contribution in [0, 0.1) is 0 Å². The summed E-state index contributed by atoms with van der Waals surface area (Å²) in [6.45, 7) is 4.42. The standard InChI is InChI=1S/2C8H14N2.2ClH.Cu/c2*1-3-4-5-8-9-6-7-10(8)2;;;/h2*6-7H,3-5H2,1-2H3;2*1H;. The molecule has 0 fully saturated rings. The van der Waals surface area contributed by atoms with Gasteiger partial charge in [0.2, 0.25) is 0 Å². The van der Waals surface area contributed by atoms with E-state index in [4.69, 9.17) is 0 Å². The number of aromatic amines is 2. The Hall–Kier alpha value is -0.481. The number of hydrogen-bond donors (Lipinski definition) is 2. The van der Waals surface area contributed by atoms with Crippen molar-refractivity contribution in [1.29, 1.82) is 0 Å². The van der Waals surface area contributed by atoms with Crippen molar-refractivity contribution in [3.63, 3.8) is 0 Å². The Kier molecular flexibility index (Phi) is 14.8. The van der Waals surface area contributed by atoms with E-state index >= 15 is 0 Å². The van der Waals surface area contributed by atoms with E-state index < -0.39 is 0 Å². The molecular formula is C16H30Cl2CuN4. The van der Waals surface area contributed by atoms with Crippen LogP contribution < -0.4 is 9.13 Å². The first kappa shape index (κ1) is 22.5. The topological polar surface area (TPSA) is 39.3 Å². The first-order chi connectivity index (χ1) is 11.1.